The fourth-order valence-corrected chi connectivity index (χ4v) is 4.23. The van der Waals surface area contributed by atoms with Gasteiger partial charge in [-0.15, -0.1) is 0 Å². The van der Waals surface area contributed by atoms with Crippen LogP contribution in [-0.2, 0) is 0 Å². The van der Waals surface area contributed by atoms with Gasteiger partial charge in [-0.25, -0.2) is 0 Å². The molecule has 0 radical (unpaired) electrons. The average Bonchev–Trinajstić information content (AvgIpc) is 2.72. The lowest BCUT2D eigenvalue weighted by Crippen LogP contribution is -2.05. The second kappa shape index (κ2) is 9.43. The topological polar surface area (TPSA) is 45.5 Å². The molecule has 1 N–H and O–H groups in total. The Labute approximate surface area is 181 Å². The van der Waals surface area contributed by atoms with Crippen molar-refractivity contribution in [1.82, 2.24) is 4.98 Å². The Bertz CT molecular complexity index is 1080. The van der Waals surface area contributed by atoms with Crippen LogP contribution in [0.4, 0.5) is 0 Å². The van der Waals surface area contributed by atoms with Gasteiger partial charge in [-0.1, -0.05) is 53.5 Å². The maximum atomic E-state index is 11.0. The first-order valence-electron chi connectivity index (χ1n) is 9.60. The second-order valence-electron chi connectivity index (χ2n) is 7.11. The maximum absolute atomic E-state index is 11.0. The number of fused-ring (bicyclic) bond motifs is 1. The van der Waals surface area contributed by atoms with Gasteiger partial charge < -0.3 is 5.11 Å². The predicted molar refractivity (Wildman–Crippen MR) is 124 cm³/mol. The molecule has 3 rings (SSSR count). The van der Waals surface area contributed by atoms with Crippen molar-refractivity contribution in [2.45, 2.75) is 39.0 Å². The minimum Gasteiger partial charge on any atom is -0.505 e. The Morgan fingerprint density at radius 1 is 1.24 bits per heavy atom. The van der Waals surface area contributed by atoms with Crippen LogP contribution in [0.3, 0.4) is 0 Å². The summed E-state index contributed by atoms with van der Waals surface area (Å²) in [7, 11) is 0. The number of hydrogen-bond donors (Lipinski definition) is 1. The van der Waals surface area contributed by atoms with Crippen LogP contribution in [0.1, 0.15) is 48.8 Å². The summed E-state index contributed by atoms with van der Waals surface area (Å²) in [5.41, 5.74) is 4.29. The van der Waals surface area contributed by atoms with Crippen molar-refractivity contribution >= 4 is 40.8 Å². The molecule has 3 aromatic rings. The van der Waals surface area contributed by atoms with Gasteiger partial charge in [0.05, 0.1) is 10.0 Å². The molecule has 1 atom stereocenters. The highest BCUT2D eigenvalue weighted by Crippen LogP contribution is 2.43. The van der Waals surface area contributed by atoms with E-state index in [1.165, 1.54) is 0 Å². The summed E-state index contributed by atoms with van der Waals surface area (Å²) >= 11 is 13.0. The van der Waals surface area contributed by atoms with Crippen molar-refractivity contribution in [2.75, 3.05) is 0 Å². The van der Waals surface area contributed by atoms with Gasteiger partial charge in [0, 0.05) is 28.8 Å². The van der Waals surface area contributed by atoms with Gasteiger partial charge in [-0.3, -0.25) is 9.98 Å². The third-order valence-corrected chi connectivity index (χ3v) is 6.01. The van der Waals surface area contributed by atoms with Gasteiger partial charge in [-0.2, -0.15) is 0 Å². The fourth-order valence-electron chi connectivity index (χ4n) is 3.71. The lowest BCUT2D eigenvalue weighted by Gasteiger charge is -2.22. The molecule has 5 heteroatoms. The van der Waals surface area contributed by atoms with E-state index in [1.54, 1.807) is 6.20 Å². The molecule has 3 nitrogen and oxygen atoms in total. The van der Waals surface area contributed by atoms with Crippen molar-refractivity contribution < 1.29 is 5.11 Å². The summed E-state index contributed by atoms with van der Waals surface area (Å²) in [6.45, 7) is 7.57. The van der Waals surface area contributed by atoms with E-state index in [-0.39, 0.29) is 11.7 Å². The van der Waals surface area contributed by atoms with Crippen LogP contribution in [0.25, 0.3) is 10.9 Å². The number of pyridine rings is 1. The lowest BCUT2D eigenvalue weighted by molar-refractivity contribution is 0.467. The van der Waals surface area contributed by atoms with Crippen molar-refractivity contribution in [3.05, 3.63) is 81.1 Å². The minimum absolute atomic E-state index is 0.116. The number of hydrogen-bond acceptors (Lipinski definition) is 3. The smallest absolute Gasteiger partial charge is 0.145 e. The minimum atomic E-state index is -0.116. The third-order valence-electron chi connectivity index (χ3n) is 5.19. The largest absolute Gasteiger partial charge is 0.505 e. The van der Waals surface area contributed by atoms with Gasteiger partial charge in [0.25, 0.3) is 0 Å². The maximum Gasteiger partial charge on any atom is 0.145 e. The average molecular weight is 427 g/mol. The number of benzene rings is 2. The monoisotopic (exact) mass is 426 g/mol. The predicted octanol–water partition coefficient (Wildman–Crippen LogP) is 7.46. The summed E-state index contributed by atoms with van der Waals surface area (Å²) in [6.07, 6.45) is 6.10. The van der Waals surface area contributed by atoms with Crippen LogP contribution < -0.4 is 0 Å². The summed E-state index contributed by atoms with van der Waals surface area (Å²) in [4.78, 5) is 8.43. The molecule has 0 bridgehead atoms. The molecule has 1 aromatic heterocycles. The Kier molecular flexibility index (Phi) is 6.94. The summed E-state index contributed by atoms with van der Waals surface area (Å²) in [5, 5.41) is 13.0. The van der Waals surface area contributed by atoms with Gasteiger partial charge in [0.1, 0.15) is 11.3 Å². The first-order valence-corrected chi connectivity index (χ1v) is 10.4. The normalized spacial score (nSPS) is 12.9. The number of allylic oxidation sites excluding steroid dienone is 2. The summed E-state index contributed by atoms with van der Waals surface area (Å²) < 4.78 is 0. The van der Waals surface area contributed by atoms with E-state index in [9.17, 15) is 5.11 Å². The van der Waals surface area contributed by atoms with Gasteiger partial charge in [0.2, 0.25) is 0 Å². The number of aliphatic imine (C=N–C) groups is 1. The van der Waals surface area contributed by atoms with E-state index >= 15 is 0 Å². The highest BCUT2D eigenvalue weighted by molar-refractivity contribution is 6.42. The summed E-state index contributed by atoms with van der Waals surface area (Å²) in [6, 6.07) is 11.6. The first kappa shape index (κ1) is 21.4. The van der Waals surface area contributed by atoms with E-state index in [0.29, 0.717) is 15.6 Å². The van der Waals surface area contributed by atoms with Crippen molar-refractivity contribution in [3.8, 4) is 5.75 Å². The molecular formula is C24H24Cl2N2O. The first-order chi connectivity index (χ1) is 14.0. The molecule has 0 aliphatic rings. The zero-order chi connectivity index (χ0) is 21.0. The van der Waals surface area contributed by atoms with Crippen LogP contribution >= 0.6 is 23.2 Å². The SMILES string of the molecule is C=NC(=CC)CCCC(c1cc(C)cc(Cl)c1Cl)c1ccc2cccnc2c1O. The molecule has 1 unspecified atom stereocenters. The van der Waals surface area contributed by atoms with E-state index in [2.05, 4.69) is 16.7 Å². The quantitative estimate of drug-likeness (QED) is 0.398. The zero-order valence-corrected chi connectivity index (χ0v) is 18.1. The number of rotatable bonds is 7. The van der Waals surface area contributed by atoms with Crippen molar-refractivity contribution in [3.63, 3.8) is 0 Å². The summed E-state index contributed by atoms with van der Waals surface area (Å²) in [5.74, 6) is 0.0733. The number of halogens is 2. The Morgan fingerprint density at radius 2 is 2.03 bits per heavy atom. The fraction of sp³-hybridized carbons (Fsp3) is 0.250. The van der Waals surface area contributed by atoms with Crippen LogP contribution in [0.15, 0.2) is 59.4 Å². The molecule has 0 saturated carbocycles. The van der Waals surface area contributed by atoms with Gasteiger partial charge in [0.15, 0.2) is 0 Å². The Hall–Kier alpha value is -2.36. The molecule has 0 spiro atoms. The molecule has 29 heavy (non-hydrogen) atoms. The zero-order valence-electron chi connectivity index (χ0n) is 16.6. The third kappa shape index (κ3) is 4.63. The number of aryl methyl sites for hydroxylation is 1. The molecule has 0 aliphatic carbocycles. The standard InChI is InChI=1S/C24H24Cl2N2O/c1-4-17(27-3)8-5-9-18(20-13-15(2)14-21(25)22(20)26)19-11-10-16-7-6-12-28-23(16)24(19)29/h4,6-7,10-14,18,29H,3,5,8-9H2,1-2H3. The molecule has 2 aromatic carbocycles. The molecule has 0 amide bonds. The lowest BCUT2D eigenvalue weighted by atomic mass is 9.85. The van der Waals surface area contributed by atoms with Gasteiger partial charge in [-0.05, 0) is 63.1 Å². The van der Waals surface area contributed by atoms with Crippen LogP contribution in [0.5, 0.6) is 5.75 Å². The van der Waals surface area contributed by atoms with Crippen LogP contribution in [-0.4, -0.2) is 16.8 Å². The van der Waals surface area contributed by atoms with E-state index in [0.717, 1.165) is 47.0 Å². The number of aromatic nitrogens is 1. The van der Waals surface area contributed by atoms with Crippen molar-refractivity contribution in [2.24, 2.45) is 4.99 Å². The van der Waals surface area contributed by atoms with Crippen LogP contribution in [0.2, 0.25) is 10.0 Å². The van der Waals surface area contributed by atoms with E-state index < -0.39 is 0 Å². The second-order valence-corrected chi connectivity index (χ2v) is 7.90. The van der Waals surface area contributed by atoms with E-state index in [4.69, 9.17) is 23.2 Å². The molecule has 1 heterocycles. The Morgan fingerprint density at radius 3 is 2.76 bits per heavy atom. The molecule has 0 aliphatic heterocycles. The number of nitrogens with zero attached hydrogens (tertiary/aromatic N) is 2. The molecule has 0 saturated heterocycles. The van der Waals surface area contributed by atoms with Gasteiger partial charge >= 0.3 is 0 Å². The van der Waals surface area contributed by atoms with Crippen LogP contribution in [0, 0.1) is 6.92 Å². The highest BCUT2D eigenvalue weighted by Gasteiger charge is 2.23. The molecular weight excluding hydrogens is 403 g/mol. The number of phenols is 1. The Balaban J connectivity index is 2.08. The van der Waals surface area contributed by atoms with Crippen molar-refractivity contribution in [1.29, 1.82) is 0 Å². The molecule has 150 valence electrons. The number of phenolic OH excluding ortho intramolecular Hbond substituents is 1. The molecule has 0 fully saturated rings. The van der Waals surface area contributed by atoms with E-state index in [1.807, 2.05) is 56.3 Å². The highest BCUT2D eigenvalue weighted by atomic mass is 35.5. The number of aromatic hydroxyl groups is 1.